The first-order chi connectivity index (χ1) is 10.3. The molecule has 0 aliphatic rings. The maximum Gasteiger partial charge on any atom is 0.190 e. The third-order valence-corrected chi connectivity index (χ3v) is 3.84. The van der Waals surface area contributed by atoms with Gasteiger partial charge in [-0.1, -0.05) is 0 Å². The Morgan fingerprint density at radius 3 is 2.48 bits per heavy atom. The average Bonchev–Trinajstić information content (AvgIpc) is 2.51. The maximum atomic E-state index is 12.8. The molecule has 21 heavy (non-hydrogen) atoms. The summed E-state index contributed by atoms with van der Waals surface area (Å²) in [6.45, 7) is 2.45. The molecule has 0 fully saturated rings. The van der Waals surface area contributed by atoms with Crippen LogP contribution in [0.15, 0.2) is 34.2 Å². The minimum Gasteiger partial charge on any atom is -0.385 e. The van der Waals surface area contributed by atoms with E-state index >= 15 is 0 Å². The van der Waals surface area contributed by atoms with Gasteiger partial charge in [0.25, 0.3) is 0 Å². The Hall–Kier alpha value is -1.27. The lowest BCUT2D eigenvalue weighted by atomic mass is 10.4. The molecule has 0 saturated carbocycles. The molecule has 0 atom stereocenters. The van der Waals surface area contributed by atoms with Crippen LogP contribution < -0.4 is 10.6 Å². The molecule has 2 N–H and O–H groups in total. The molecule has 0 spiro atoms. The molecule has 1 aromatic rings. The van der Waals surface area contributed by atoms with E-state index in [0.717, 1.165) is 49.1 Å². The SMILES string of the molecule is CN=C(NCCCOC)NCCCSc1ccc(F)cc1. The smallest absolute Gasteiger partial charge is 0.190 e. The van der Waals surface area contributed by atoms with E-state index in [1.165, 1.54) is 12.1 Å². The van der Waals surface area contributed by atoms with E-state index in [1.54, 1.807) is 25.9 Å². The molecule has 118 valence electrons. The van der Waals surface area contributed by atoms with Gasteiger partial charge in [-0.2, -0.15) is 0 Å². The zero-order chi connectivity index (χ0) is 15.3. The Morgan fingerprint density at radius 2 is 1.86 bits per heavy atom. The molecule has 1 rings (SSSR count). The van der Waals surface area contributed by atoms with Crippen LogP contribution in [0.1, 0.15) is 12.8 Å². The first-order valence-corrected chi connectivity index (χ1v) is 8.06. The monoisotopic (exact) mass is 313 g/mol. The first kappa shape index (κ1) is 17.8. The third-order valence-electron chi connectivity index (χ3n) is 2.74. The summed E-state index contributed by atoms with van der Waals surface area (Å²) in [5.74, 6) is 1.61. The van der Waals surface area contributed by atoms with E-state index in [2.05, 4.69) is 15.6 Å². The number of ether oxygens (including phenoxy) is 1. The summed E-state index contributed by atoms with van der Waals surface area (Å²) in [5.41, 5.74) is 0. The van der Waals surface area contributed by atoms with Crippen molar-refractivity contribution in [2.24, 2.45) is 4.99 Å². The Balaban J connectivity index is 2.07. The van der Waals surface area contributed by atoms with Gasteiger partial charge in [-0.15, -0.1) is 11.8 Å². The number of nitrogens with zero attached hydrogens (tertiary/aromatic N) is 1. The van der Waals surface area contributed by atoms with Crippen LogP contribution >= 0.6 is 11.8 Å². The number of nitrogens with one attached hydrogen (secondary N) is 2. The van der Waals surface area contributed by atoms with Gasteiger partial charge in [0.15, 0.2) is 5.96 Å². The van der Waals surface area contributed by atoms with Crippen molar-refractivity contribution in [1.29, 1.82) is 0 Å². The van der Waals surface area contributed by atoms with Crippen LogP contribution in [0.2, 0.25) is 0 Å². The topological polar surface area (TPSA) is 45.7 Å². The van der Waals surface area contributed by atoms with Crippen molar-refractivity contribution in [3.05, 3.63) is 30.1 Å². The van der Waals surface area contributed by atoms with Crippen LogP contribution in [-0.2, 0) is 4.74 Å². The van der Waals surface area contributed by atoms with Crippen molar-refractivity contribution in [3.8, 4) is 0 Å². The maximum absolute atomic E-state index is 12.8. The number of hydrogen-bond donors (Lipinski definition) is 2. The minimum atomic E-state index is -0.190. The van der Waals surface area contributed by atoms with E-state index in [0.29, 0.717) is 0 Å². The highest BCUT2D eigenvalue weighted by Crippen LogP contribution is 2.18. The van der Waals surface area contributed by atoms with Crippen LogP contribution in [0.4, 0.5) is 4.39 Å². The quantitative estimate of drug-likeness (QED) is 0.318. The molecule has 0 bridgehead atoms. The fourth-order valence-electron chi connectivity index (χ4n) is 1.64. The third kappa shape index (κ3) is 8.57. The number of thioether (sulfide) groups is 1. The van der Waals surface area contributed by atoms with Crippen molar-refractivity contribution in [2.75, 3.05) is 39.6 Å². The van der Waals surface area contributed by atoms with E-state index < -0.39 is 0 Å². The van der Waals surface area contributed by atoms with E-state index in [4.69, 9.17) is 4.74 Å². The van der Waals surface area contributed by atoms with E-state index in [-0.39, 0.29) is 5.82 Å². The van der Waals surface area contributed by atoms with Crippen molar-refractivity contribution in [1.82, 2.24) is 10.6 Å². The molecule has 0 saturated heterocycles. The van der Waals surface area contributed by atoms with Crippen molar-refractivity contribution >= 4 is 17.7 Å². The van der Waals surface area contributed by atoms with Crippen LogP contribution in [-0.4, -0.2) is 45.6 Å². The lowest BCUT2D eigenvalue weighted by Crippen LogP contribution is -2.38. The fourth-order valence-corrected chi connectivity index (χ4v) is 2.50. The highest BCUT2D eigenvalue weighted by molar-refractivity contribution is 7.99. The number of rotatable bonds is 9. The summed E-state index contributed by atoms with van der Waals surface area (Å²) < 4.78 is 17.8. The lowest BCUT2D eigenvalue weighted by Gasteiger charge is -2.11. The highest BCUT2D eigenvalue weighted by Gasteiger charge is 1.98. The van der Waals surface area contributed by atoms with Crippen LogP contribution in [0.25, 0.3) is 0 Å². The first-order valence-electron chi connectivity index (χ1n) is 7.08. The number of benzene rings is 1. The normalized spacial score (nSPS) is 11.5. The zero-order valence-corrected chi connectivity index (χ0v) is 13.5. The van der Waals surface area contributed by atoms with E-state index in [1.807, 2.05) is 12.1 Å². The summed E-state index contributed by atoms with van der Waals surface area (Å²) >= 11 is 1.73. The molecular weight excluding hydrogens is 289 g/mol. The minimum absolute atomic E-state index is 0.190. The number of methoxy groups -OCH3 is 1. The highest BCUT2D eigenvalue weighted by atomic mass is 32.2. The summed E-state index contributed by atoms with van der Waals surface area (Å²) in [5, 5.41) is 6.50. The average molecular weight is 313 g/mol. The van der Waals surface area contributed by atoms with Gasteiger partial charge in [0.2, 0.25) is 0 Å². The van der Waals surface area contributed by atoms with Gasteiger partial charge in [-0.3, -0.25) is 4.99 Å². The lowest BCUT2D eigenvalue weighted by molar-refractivity contribution is 0.195. The number of halogens is 1. The Labute approximate surface area is 130 Å². The molecule has 1 aromatic carbocycles. The fraction of sp³-hybridized carbons (Fsp3) is 0.533. The zero-order valence-electron chi connectivity index (χ0n) is 12.7. The molecule has 0 amide bonds. The van der Waals surface area contributed by atoms with Crippen molar-refractivity contribution in [3.63, 3.8) is 0 Å². The standard InChI is InChI=1S/C15H24FN3OS/c1-17-15(18-9-3-11-20-2)19-10-4-12-21-14-7-5-13(16)6-8-14/h5-8H,3-4,9-12H2,1-2H3,(H2,17,18,19). The van der Waals surface area contributed by atoms with Crippen molar-refractivity contribution in [2.45, 2.75) is 17.7 Å². The summed E-state index contributed by atoms with van der Waals surface area (Å²) in [6, 6.07) is 6.60. The molecular formula is C15H24FN3OS. The number of hydrogen-bond acceptors (Lipinski definition) is 3. The predicted molar refractivity (Wildman–Crippen MR) is 87.6 cm³/mol. The second kappa shape index (κ2) is 11.4. The number of aliphatic imine (C=N–C) groups is 1. The molecule has 0 unspecified atom stereocenters. The Morgan fingerprint density at radius 1 is 1.19 bits per heavy atom. The van der Waals surface area contributed by atoms with E-state index in [9.17, 15) is 4.39 Å². The second-order valence-electron chi connectivity index (χ2n) is 4.43. The molecule has 0 aromatic heterocycles. The summed E-state index contributed by atoms with van der Waals surface area (Å²) in [7, 11) is 3.46. The number of guanidine groups is 1. The van der Waals surface area contributed by atoms with Crippen molar-refractivity contribution < 1.29 is 9.13 Å². The van der Waals surface area contributed by atoms with Gasteiger partial charge in [0.05, 0.1) is 0 Å². The second-order valence-corrected chi connectivity index (χ2v) is 5.60. The van der Waals surface area contributed by atoms with Gasteiger partial charge >= 0.3 is 0 Å². The largest absolute Gasteiger partial charge is 0.385 e. The van der Waals surface area contributed by atoms with Gasteiger partial charge < -0.3 is 15.4 Å². The molecule has 0 radical (unpaired) electrons. The summed E-state index contributed by atoms with van der Waals surface area (Å²) in [4.78, 5) is 5.25. The Kier molecular flexibility index (Phi) is 9.65. The van der Waals surface area contributed by atoms with Crippen LogP contribution in [0, 0.1) is 5.82 Å². The molecule has 0 aliphatic carbocycles. The van der Waals surface area contributed by atoms with Gasteiger partial charge in [0, 0.05) is 38.7 Å². The van der Waals surface area contributed by atoms with Gasteiger partial charge in [-0.25, -0.2) is 4.39 Å². The Bertz CT molecular complexity index is 412. The van der Waals surface area contributed by atoms with Gasteiger partial charge in [-0.05, 0) is 42.9 Å². The summed E-state index contributed by atoms with van der Waals surface area (Å²) in [6.07, 6.45) is 1.97. The van der Waals surface area contributed by atoms with Crippen LogP contribution in [0.5, 0.6) is 0 Å². The van der Waals surface area contributed by atoms with Gasteiger partial charge in [0.1, 0.15) is 5.82 Å². The molecule has 6 heteroatoms. The molecule has 0 aliphatic heterocycles. The van der Waals surface area contributed by atoms with Crippen LogP contribution in [0.3, 0.4) is 0 Å². The molecule has 4 nitrogen and oxygen atoms in total. The molecule has 0 heterocycles. The predicted octanol–water partition coefficient (Wildman–Crippen LogP) is 2.51.